The summed E-state index contributed by atoms with van der Waals surface area (Å²) in [6.45, 7) is 0. The summed E-state index contributed by atoms with van der Waals surface area (Å²) in [5.74, 6) is 0.840. The van der Waals surface area contributed by atoms with Gasteiger partial charge in [-0.2, -0.15) is 0 Å². The highest BCUT2D eigenvalue weighted by Gasteiger charge is 2.40. The number of aromatic nitrogens is 2. The third-order valence-electron chi connectivity index (χ3n) is 12.2. The molecule has 1 aliphatic heterocycles. The molecule has 276 valence electrons. The lowest BCUT2D eigenvalue weighted by Crippen LogP contribution is -2.33. The Morgan fingerprint density at radius 3 is 1.75 bits per heavy atom. The first kappa shape index (κ1) is 33.8. The van der Waals surface area contributed by atoms with Gasteiger partial charge in [0.1, 0.15) is 5.82 Å². The van der Waals surface area contributed by atoms with Gasteiger partial charge in [-0.3, -0.25) is 4.57 Å². The van der Waals surface area contributed by atoms with E-state index in [9.17, 15) is 0 Å². The fraction of sp³-hybridized carbons (Fsp3) is 0. The Morgan fingerprint density at radius 2 is 0.983 bits per heavy atom. The van der Waals surface area contributed by atoms with Crippen molar-refractivity contribution >= 4 is 66.4 Å². The van der Waals surface area contributed by atoms with Crippen molar-refractivity contribution in [3.05, 3.63) is 212 Å². The molecule has 3 nitrogen and oxygen atoms in total. The van der Waals surface area contributed by atoms with Gasteiger partial charge >= 0.3 is 0 Å². The summed E-state index contributed by atoms with van der Waals surface area (Å²) in [5.41, 5.74) is 10.5. The van der Waals surface area contributed by atoms with Crippen molar-refractivity contribution in [3.63, 3.8) is 0 Å². The monoisotopic (exact) mass is 770 g/mol. The van der Waals surface area contributed by atoms with E-state index in [1.807, 2.05) is 66.7 Å². The van der Waals surface area contributed by atoms with Gasteiger partial charge in [-0.05, 0) is 102 Å². The van der Waals surface area contributed by atoms with Gasteiger partial charge in [0, 0.05) is 21.5 Å². The zero-order chi connectivity index (χ0) is 39.1. The molecule has 0 radical (unpaired) electrons. The quantitative estimate of drug-likeness (QED) is 0.129. The number of nitrogens with zero attached hydrogens (tertiary/aromatic N) is 2. The maximum absolute atomic E-state index is 16.3. The minimum absolute atomic E-state index is 0.815. The van der Waals surface area contributed by atoms with E-state index in [4.69, 9.17) is 4.98 Å². The smallest absolute Gasteiger partial charge is 0.175 e. The average Bonchev–Trinajstić information content (AvgIpc) is 3.71. The van der Waals surface area contributed by atoms with Gasteiger partial charge in [0.15, 0.2) is 7.14 Å². The Balaban J connectivity index is 1.15. The van der Waals surface area contributed by atoms with E-state index in [1.165, 1.54) is 54.6 Å². The van der Waals surface area contributed by atoms with Crippen LogP contribution < -0.4 is 15.9 Å². The lowest BCUT2D eigenvalue weighted by atomic mass is 9.84. The van der Waals surface area contributed by atoms with E-state index in [0.29, 0.717) is 0 Å². The lowest BCUT2D eigenvalue weighted by molar-refractivity contribution is 0.592. The maximum Gasteiger partial charge on any atom is 0.175 e. The average molecular weight is 771 g/mol. The number of para-hydroxylation sites is 1. The zero-order valence-corrected chi connectivity index (χ0v) is 32.9. The summed E-state index contributed by atoms with van der Waals surface area (Å²) >= 11 is 0. The van der Waals surface area contributed by atoms with Crippen LogP contribution in [0.5, 0.6) is 0 Å². The molecule has 0 fully saturated rings. The minimum atomic E-state index is -3.36. The van der Waals surface area contributed by atoms with Crippen molar-refractivity contribution in [2.45, 2.75) is 0 Å². The van der Waals surface area contributed by atoms with Crippen LogP contribution in [0.2, 0.25) is 0 Å². The molecule has 2 heterocycles. The molecule has 11 aromatic rings. The molecule has 0 aliphatic carbocycles. The second-order valence-electron chi connectivity index (χ2n) is 15.4. The fourth-order valence-corrected chi connectivity index (χ4v) is 12.5. The van der Waals surface area contributed by atoms with E-state index in [1.54, 1.807) is 0 Å². The van der Waals surface area contributed by atoms with Crippen LogP contribution in [-0.2, 0) is 4.57 Å². The molecule has 59 heavy (non-hydrogen) atoms. The molecule has 1 aromatic heterocycles. The largest absolute Gasteiger partial charge is 0.308 e. The number of imidazole rings is 1. The Bertz CT molecular complexity index is 3520. The second-order valence-corrected chi connectivity index (χ2v) is 18.1. The van der Waals surface area contributed by atoms with Crippen LogP contribution in [0.1, 0.15) is 0 Å². The normalized spacial score (nSPS) is 14.6. The van der Waals surface area contributed by atoms with Crippen molar-refractivity contribution in [1.82, 2.24) is 9.55 Å². The predicted octanol–water partition coefficient (Wildman–Crippen LogP) is 13.1. The van der Waals surface area contributed by atoms with Crippen LogP contribution in [0.15, 0.2) is 212 Å². The highest BCUT2D eigenvalue weighted by molar-refractivity contribution is 7.86. The fourth-order valence-electron chi connectivity index (χ4n) is 9.50. The first-order valence-corrected chi connectivity index (χ1v) is 21.8. The van der Waals surface area contributed by atoms with Crippen LogP contribution in [0, 0.1) is 0 Å². The number of fused-ring (bicyclic) bond motifs is 5. The van der Waals surface area contributed by atoms with Crippen molar-refractivity contribution < 1.29 is 4.57 Å². The van der Waals surface area contributed by atoms with Gasteiger partial charge in [0.05, 0.1) is 16.7 Å². The Kier molecular flexibility index (Phi) is 7.51. The molecule has 0 bridgehead atoms. The Morgan fingerprint density at radius 1 is 0.390 bits per heavy atom. The lowest BCUT2D eigenvalue weighted by Gasteiger charge is -2.29. The molecule has 1 unspecified atom stereocenters. The number of hydrogen-bond acceptors (Lipinski definition) is 2. The van der Waals surface area contributed by atoms with E-state index < -0.39 is 7.14 Å². The van der Waals surface area contributed by atoms with Gasteiger partial charge < -0.3 is 4.57 Å². The molecule has 0 N–H and O–H groups in total. The molecular weight excluding hydrogens is 736 g/mol. The molecule has 1 atom stereocenters. The summed E-state index contributed by atoms with van der Waals surface area (Å²) in [6, 6.07) is 74.8. The van der Waals surface area contributed by atoms with Gasteiger partial charge in [-0.1, -0.05) is 176 Å². The van der Waals surface area contributed by atoms with Crippen molar-refractivity contribution in [3.8, 4) is 50.5 Å². The van der Waals surface area contributed by atoms with Gasteiger partial charge in [-0.25, -0.2) is 4.98 Å². The first-order valence-electron chi connectivity index (χ1n) is 20.1. The van der Waals surface area contributed by atoms with E-state index in [2.05, 4.69) is 150 Å². The highest BCUT2D eigenvalue weighted by Crippen LogP contribution is 2.51. The molecule has 0 amide bonds. The number of rotatable bonds is 5. The Labute approximate surface area is 341 Å². The van der Waals surface area contributed by atoms with Crippen LogP contribution in [0.4, 0.5) is 0 Å². The second kappa shape index (κ2) is 13.1. The zero-order valence-electron chi connectivity index (χ0n) is 32.0. The van der Waals surface area contributed by atoms with Crippen LogP contribution in [0.3, 0.4) is 0 Å². The third kappa shape index (κ3) is 5.09. The summed E-state index contributed by atoms with van der Waals surface area (Å²) < 4.78 is 18.5. The molecular formula is C55H35N2OP. The first-order chi connectivity index (χ1) is 29.1. The number of benzene rings is 10. The van der Waals surface area contributed by atoms with Crippen LogP contribution in [-0.4, -0.2) is 9.55 Å². The van der Waals surface area contributed by atoms with Crippen LogP contribution >= 0.6 is 7.14 Å². The standard InChI is InChI=1S/C55H35N2OP/c58-59(43-21-8-3-9-22-43)50-26-14-25-48-54(50)57(55(56-48)38-18-6-2-7-19-38)49-32-30-41(35-51(49)59)40-29-31-46-47(34-40)53(42-28-27-36-15-10-11-20-39(36)33-42)45-24-13-12-23-44(45)52(46)37-16-4-1-5-17-37/h1-35H. The minimum Gasteiger partial charge on any atom is -0.308 e. The summed E-state index contributed by atoms with van der Waals surface area (Å²) in [6.07, 6.45) is 0. The molecule has 10 aromatic carbocycles. The number of hydrogen-bond donors (Lipinski definition) is 0. The SMILES string of the molecule is O=P1(c2ccccc2)c2cc(-c3ccc4c(-c5ccccc5)c5ccccc5c(-c5ccc6ccccc6c5)c4c3)ccc2-n2c(-c3ccccc3)nc3cccc1c32. The molecule has 12 rings (SSSR count). The molecule has 4 heteroatoms. The van der Waals surface area contributed by atoms with Crippen molar-refractivity contribution in [1.29, 1.82) is 0 Å². The molecule has 0 saturated carbocycles. The summed E-state index contributed by atoms with van der Waals surface area (Å²) in [4.78, 5) is 5.18. The molecule has 0 spiro atoms. The van der Waals surface area contributed by atoms with E-state index >= 15 is 4.57 Å². The van der Waals surface area contributed by atoms with Crippen molar-refractivity contribution in [2.75, 3.05) is 0 Å². The summed E-state index contributed by atoms with van der Waals surface area (Å²) in [7, 11) is -3.36. The predicted molar refractivity (Wildman–Crippen MR) is 248 cm³/mol. The van der Waals surface area contributed by atoms with Gasteiger partial charge in [0.2, 0.25) is 0 Å². The van der Waals surface area contributed by atoms with Gasteiger partial charge in [0.25, 0.3) is 0 Å². The topological polar surface area (TPSA) is 34.9 Å². The van der Waals surface area contributed by atoms with E-state index in [-0.39, 0.29) is 0 Å². The molecule has 0 saturated heterocycles. The Hall–Kier alpha value is -7.32. The summed E-state index contributed by atoms with van der Waals surface area (Å²) in [5, 5.41) is 9.67. The maximum atomic E-state index is 16.3. The molecule has 1 aliphatic rings. The van der Waals surface area contributed by atoms with Crippen molar-refractivity contribution in [2.24, 2.45) is 0 Å². The van der Waals surface area contributed by atoms with Crippen LogP contribution in [0.25, 0.3) is 93.8 Å². The third-order valence-corrected chi connectivity index (χ3v) is 15.3. The van der Waals surface area contributed by atoms with Gasteiger partial charge in [-0.15, -0.1) is 0 Å². The van der Waals surface area contributed by atoms with E-state index in [0.717, 1.165) is 55.1 Å². The highest BCUT2D eigenvalue weighted by atomic mass is 31.2.